The van der Waals surface area contributed by atoms with Crippen molar-refractivity contribution in [3.8, 4) is 0 Å². The Bertz CT molecular complexity index is 253. The van der Waals surface area contributed by atoms with E-state index in [0.29, 0.717) is 5.92 Å². The Morgan fingerprint density at radius 2 is 2.36 bits per heavy atom. The molecular weight excluding hydrogens is 136 g/mol. The standard InChI is InChI=1S/C9H12N2/c1-7-9(3-2-4-11-7)8-5-10-6-8/h2-4,8,10H,5-6H2,1H3. The quantitative estimate of drug-likeness (QED) is 0.644. The molecule has 1 aliphatic rings. The SMILES string of the molecule is Cc1ncccc1C1CNC1. The first-order valence-corrected chi connectivity index (χ1v) is 4.00. The molecule has 0 saturated carbocycles. The second kappa shape index (κ2) is 2.62. The number of nitrogens with zero attached hydrogens (tertiary/aromatic N) is 1. The van der Waals surface area contributed by atoms with E-state index >= 15 is 0 Å². The molecule has 1 fully saturated rings. The molecular formula is C9H12N2. The lowest BCUT2D eigenvalue weighted by Gasteiger charge is -2.28. The van der Waals surface area contributed by atoms with Crippen LogP contribution in [-0.2, 0) is 0 Å². The molecule has 0 bridgehead atoms. The molecule has 1 N–H and O–H groups in total. The lowest BCUT2D eigenvalue weighted by molar-refractivity contribution is 0.445. The molecule has 58 valence electrons. The van der Waals surface area contributed by atoms with Gasteiger partial charge in [0.2, 0.25) is 0 Å². The van der Waals surface area contributed by atoms with Crippen molar-refractivity contribution in [3.63, 3.8) is 0 Å². The summed E-state index contributed by atoms with van der Waals surface area (Å²) in [7, 11) is 0. The first kappa shape index (κ1) is 6.80. The van der Waals surface area contributed by atoms with E-state index in [1.165, 1.54) is 11.3 Å². The fourth-order valence-electron chi connectivity index (χ4n) is 1.44. The molecule has 0 atom stereocenters. The second-order valence-corrected chi connectivity index (χ2v) is 3.03. The number of hydrogen-bond acceptors (Lipinski definition) is 2. The van der Waals surface area contributed by atoms with Crippen molar-refractivity contribution >= 4 is 0 Å². The highest BCUT2D eigenvalue weighted by Crippen LogP contribution is 2.20. The second-order valence-electron chi connectivity index (χ2n) is 3.03. The van der Waals surface area contributed by atoms with Crippen LogP contribution in [-0.4, -0.2) is 18.1 Å². The summed E-state index contributed by atoms with van der Waals surface area (Å²) in [5, 5.41) is 3.26. The molecule has 0 amide bonds. The number of hydrogen-bond donors (Lipinski definition) is 1. The monoisotopic (exact) mass is 148 g/mol. The topological polar surface area (TPSA) is 24.9 Å². The van der Waals surface area contributed by atoms with Crippen molar-refractivity contribution in [2.45, 2.75) is 12.8 Å². The van der Waals surface area contributed by atoms with E-state index in [2.05, 4.69) is 23.3 Å². The molecule has 0 spiro atoms. The van der Waals surface area contributed by atoms with Gasteiger partial charge in [-0.05, 0) is 18.6 Å². The normalized spacial score (nSPS) is 17.9. The van der Waals surface area contributed by atoms with Gasteiger partial charge in [-0.1, -0.05) is 6.07 Å². The van der Waals surface area contributed by atoms with E-state index in [1.54, 1.807) is 0 Å². The van der Waals surface area contributed by atoms with E-state index in [4.69, 9.17) is 0 Å². The van der Waals surface area contributed by atoms with Gasteiger partial charge in [0.1, 0.15) is 0 Å². The van der Waals surface area contributed by atoms with Gasteiger partial charge in [0.25, 0.3) is 0 Å². The average Bonchev–Trinajstić information content (AvgIpc) is 1.90. The summed E-state index contributed by atoms with van der Waals surface area (Å²) in [5.41, 5.74) is 2.59. The van der Waals surface area contributed by atoms with Gasteiger partial charge in [0.05, 0.1) is 0 Å². The number of aryl methyl sites for hydroxylation is 1. The maximum atomic E-state index is 4.25. The minimum Gasteiger partial charge on any atom is -0.315 e. The first-order chi connectivity index (χ1) is 5.38. The zero-order valence-corrected chi connectivity index (χ0v) is 6.67. The van der Waals surface area contributed by atoms with Crippen LogP contribution in [0.25, 0.3) is 0 Å². The minimum atomic E-state index is 0.712. The van der Waals surface area contributed by atoms with E-state index in [-0.39, 0.29) is 0 Å². The van der Waals surface area contributed by atoms with Crippen LogP contribution in [0.2, 0.25) is 0 Å². The predicted octanol–water partition coefficient (Wildman–Crippen LogP) is 1.08. The van der Waals surface area contributed by atoms with Crippen LogP contribution in [0.4, 0.5) is 0 Å². The Morgan fingerprint density at radius 3 is 2.91 bits per heavy atom. The van der Waals surface area contributed by atoms with E-state index in [1.807, 2.05) is 12.3 Å². The zero-order valence-electron chi connectivity index (χ0n) is 6.67. The summed E-state index contributed by atoms with van der Waals surface area (Å²) in [6.07, 6.45) is 1.85. The fraction of sp³-hybridized carbons (Fsp3) is 0.444. The summed E-state index contributed by atoms with van der Waals surface area (Å²) in [6, 6.07) is 4.19. The summed E-state index contributed by atoms with van der Waals surface area (Å²) >= 11 is 0. The number of pyridine rings is 1. The molecule has 2 nitrogen and oxygen atoms in total. The van der Waals surface area contributed by atoms with Gasteiger partial charge in [0.15, 0.2) is 0 Å². The van der Waals surface area contributed by atoms with Crippen LogP contribution in [0.1, 0.15) is 17.2 Å². The molecule has 0 aliphatic carbocycles. The van der Waals surface area contributed by atoms with E-state index < -0.39 is 0 Å². The van der Waals surface area contributed by atoms with Crippen molar-refractivity contribution in [3.05, 3.63) is 29.6 Å². The predicted molar refractivity (Wildman–Crippen MR) is 44.6 cm³/mol. The van der Waals surface area contributed by atoms with Crippen molar-refractivity contribution in [2.24, 2.45) is 0 Å². The molecule has 0 aromatic carbocycles. The summed E-state index contributed by atoms with van der Waals surface area (Å²) in [5.74, 6) is 0.712. The van der Waals surface area contributed by atoms with Crippen molar-refractivity contribution in [2.75, 3.05) is 13.1 Å². The molecule has 11 heavy (non-hydrogen) atoms. The maximum Gasteiger partial charge on any atom is 0.0408 e. The van der Waals surface area contributed by atoms with Crippen molar-refractivity contribution < 1.29 is 0 Å². The third-order valence-electron chi connectivity index (χ3n) is 2.27. The van der Waals surface area contributed by atoms with Gasteiger partial charge in [-0.3, -0.25) is 4.98 Å². The smallest absolute Gasteiger partial charge is 0.0408 e. The largest absolute Gasteiger partial charge is 0.315 e. The molecule has 2 rings (SSSR count). The van der Waals surface area contributed by atoms with E-state index in [0.717, 1.165) is 13.1 Å². The highest BCUT2D eigenvalue weighted by atomic mass is 14.9. The van der Waals surface area contributed by atoms with Gasteiger partial charge in [0, 0.05) is 30.9 Å². The highest BCUT2D eigenvalue weighted by molar-refractivity contribution is 5.25. The van der Waals surface area contributed by atoms with Crippen LogP contribution < -0.4 is 5.32 Å². The third kappa shape index (κ3) is 1.14. The lowest BCUT2D eigenvalue weighted by Crippen LogP contribution is -2.40. The highest BCUT2D eigenvalue weighted by Gasteiger charge is 2.20. The Balaban J connectivity index is 2.28. The molecule has 2 heterocycles. The molecule has 1 aromatic rings. The van der Waals surface area contributed by atoms with Crippen LogP contribution in [0.15, 0.2) is 18.3 Å². The molecule has 2 heteroatoms. The fourth-order valence-corrected chi connectivity index (χ4v) is 1.44. The zero-order chi connectivity index (χ0) is 7.68. The van der Waals surface area contributed by atoms with Gasteiger partial charge in [-0.25, -0.2) is 0 Å². The lowest BCUT2D eigenvalue weighted by atomic mass is 9.93. The van der Waals surface area contributed by atoms with Crippen LogP contribution in [0.5, 0.6) is 0 Å². The maximum absolute atomic E-state index is 4.25. The van der Waals surface area contributed by atoms with Crippen LogP contribution in [0.3, 0.4) is 0 Å². The molecule has 1 saturated heterocycles. The first-order valence-electron chi connectivity index (χ1n) is 4.00. The Kier molecular flexibility index (Phi) is 1.62. The Hall–Kier alpha value is -0.890. The van der Waals surface area contributed by atoms with Gasteiger partial charge in [-0.2, -0.15) is 0 Å². The number of aromatic nitrogens is 1. The number of nitrogens with one attached hydrogen (secondary N) is 1. The molecule has 1 aliphatic heterocycles. The Morgan fingerprint density at radius 1 is 1.55 bits per heavy atom. The van der Waals surface area contributed by atoms with Crippen LogP contribution in [0, 0.1) is 6.92 Å². The van der Waals surface area contributed by atoms with Crippen molar-refractivity contribution in [1.82, 2.24) is 10.3 Å². The van der Waals surface area contributed by atoms with Crippen LogP contribution >= 0.6 is 0 Å². The summed E-state index contributed by atoms with van der Waals surface area (Å²) in [6.45, 7) is 4.31. The number of rotatable bonds is 1. The minimum absolute atomic E-state index is 0.712. The van der Waals surface area contributed by atoms with Gasteiger partial charge in [-0.15, -0.1) is 0 Å². The third-order valence-corrected chi connectivity index (χ3v) is 2.27. The van der Waals surface area contributed by atoms with Gasteiger partial charge < -0.3 is 5.32 Å². The Labute approximate surface area is 66.7 Å². The molecule has 1 aromatic heterocycles. The van der Waals surface area contributed by atoms with Crippen molar-refractivity contribution in [1.29, 1.82) is 0 Å². The molecule has 0 unspecified atom stereocenters. The summed E-state index contributed by atoms with van der Waals surface area (Å²) in [4.78, 5) is 4.25. The molecule has 0 radical (unpaired) electrons. The van der Waals surface area contributed by atoms with E-state index in [9.17, 15) is 0 Å². The summed E-state index contributed by atoms with van der Waals surface area (Å²) < 4.78 is 0. The van der Waals surface area contributed by atoms with Gasteiger partial charge >= 0.3 is 0 Å². The average molecular weight is 148 g/mol.